The summed E-state index contributed by atoms with van der Waals surface area (Å²) in [5, 5.41) is 4.05. The van der Waals surface area contributed by atoms with Crippen LogP contribution in [-0.4, -0.2) is 12.1 Å². The van der Waals surface area contributed by atoms with Crippen LogP contribution in [0.1, 0.15) is 78.1 Å². The molecule has 0 aromatic rings. The summed E-state index contributed by atoms with van der Waals surface area (Å²) in [7, 11) is 0. The smallest absolute Gasteiger partial charge is 0.00979 e. The van der Waals surface area contributed by atoms with Crippen molar-refractivity contribution >= 4 is 0 Å². The van der Waals surface area contributed by atoms with E-state index < -0.39 is 0 Å². The molecule has 2 rings (SSSR count). The maximum Gasteiger partial charge on any atom is 0.00979 e. The minimum atomic E-state index is 0.814. The van der Waals surface area contributed by atoms with E-state index in [2.05, 4.69) is 19.2 Å². The molecule has 0 bridgehead atoms. The first-order valence-corrected chi connectivity index (χ1v) is 8.07. The van der Waals surface area contributed by atoms with Crippen molar-refractivity contribution in [2.75, 3.05) is 0 Å². The van der Waals surface area contributed by atoms with Gasteiger partial charge in [-0.25, -0.2) is 0 Å². The summed E-state index contributed by atoms with van der Waals surface area (Å²) < 4.78 is 0. The van der Waals surface area contributed by atoms with E-state index in [0.29, 0.717) is 0 Å². The summed E-state index contributed by atoms with van der Waals surface area (Å²) >= 11 is 0. The van der Waals surface area contributed by atoms with Gasteiger partial charge in [-0.1, -0.05) is 52.4 Å². The highest BCUT2D eigenvalue weighted by molar-refractivity contribution is 4.86. The molecule has 0 heterocycles. The summed E-state index contributed by atoms with van der Waals surface area (Å²) in [6, 6.07) is 1.65. The highest BCUT2D eigenvalue weighted by Gasteiger charge is 2.28. The summed E-state index contributed by atoms with van der Waals surface area (Å²) in [5.41, 5.74) is 0. The Kier molecular flexibility index (Phi) is 5.34. The average Bonchev–Trinajstić information content (AvgIpc) is 2.56. The SMILES string of the molecule is CCC1CCCCC1NC1CCCCCC1C. The molecule has 1 N–H and O–H groups in total. The Morgan fingerprint density at radius 2 is 1.47 bits per heavy atom. The van der Waals surface area contributed by atoms with E-state index in [9.17, 15) is 0 Å². The topological polar surface area (TPSA) is 12.0 Å². The van der Waals surface area contributed by atoms with Crippen molar-refractivity contribution in [1.29, 1.82) is 0 Å². The Balaban J connectivity index is 1.88. The van der Waals surface area contributed by atoms with Crippen LogP contribution in [0.3, 0.4) is 0 Å². The zero-order chi connectivity index (χ0) is 12.1. The van der Waals surface area contributed by atoms with Gasteiger partial charge in [0.15, 0.2) is 0 Å². The van der Waals surface area contributed by atoms with Crippen molar-refractivity contribution in [2.45, 2.75) is 90.1 Å². The lowest BCUT2D eigenvalue weighted by Crippen LogP contribution is -2.46. The Bertz CT molecular complexity index is 214. The van der Waals surface area contributed by atoms with Crippen LogP contribution < -0.4 is 5.32 Å². The van der Waals surface area contributed by atoms with Gasteiger partial charge in [-0.15, -0.1) is 0 Å². The number of rotatable bonds is 3. The molecule has 1 heteroatoms. The van der Waals surface area contributed by atoms with Crippen LogP contribution in [-0.2, 0) is 0 Å². The molecule has 100 valence electrons. The molecule has 1 nitrogen and oxygen atoms in total. The monoisotopic (exact) mass is 237 g/mol. The zero-order valence-corrected chi connectivity index (χ0v) is 11.9. The highest BCUT2D eigenvalue weighted by atomic mass is 15.0. The van der Waals surface area contributed by atoms with Gasteiger partial charge < -0.3 is 5.32 Å². The lowest BCUT2D eigenvalue weighted by Gasteiger charge is -2.36. The van der Waals surface area contributed by atoms with Crippen LogP contribution in [0.2, 0.25) is 0 Å². The van der Waals surface area contributed by atoms with Gasteiger partial charge >= 0.3 is 0 Å². The van der Waals surface area contributed by atoms with Crippen molar-refractivity contribution in [3.05, 3.63) is 0 Å². The largest absolute Gasteiger partial charge is 0.311 e. The number of nitrogens with one attached hydrogen (secondary N) is 1. The number of hydrogen-bond acceptors (Lipinski definition) is 1. The maximum absolute atomic E-state index is 4.05. The Morgan fingerprint density at radius 1 is 0.824 bits per heavy atom. The van der Waals surface area contributed by atoms with Gasteiger partial charge in [-0.3, -0.25) is 0 Å². The van der Waals surface area contributed by atoms with Crippen molar-refractivity contribution in [2.24, 2.45) is 11.8 Å². The fraction of sp³-hybridized carbons (Fsp3) is 1.00. The molecule has 0 spiro atoms. The maximum atomic E-state index is 4.05. The molecule has 2 fully saturated rings. The Hall–Kier alpha value is -0.0400. The van der Waals surface area contributed by atoms with E-state index in [4.69, 9.17) is 0 Å². The molecular formula is C16H31N. The van der Waals surface area contributed by atoms with E-state index >= 15 is 0 Å². The minimum Gasteiger partial charge on any atom is -0.311 e. The molecule has 17 heavy (non-hydrogen) atoms. The Labute approximate surface area is 108 Å². The van der Waals surface area contributed by atoms with Gasteiger partial charge in [0.1, 0.15) is 0 Å². The molecule has 0 radical (unpaired) electrons. The van der Waals surface area contributed by atoms with Gasteiger partial charge in [0, 0.05) is 12.1 Å². The predicted molar refractivity (Wildman–Crippen MR) is 75.2 cm³/mol. The second-order valence-electron chi connectivity index (χ2n) is 6.45. The van der Waals surface area contributed by atoms with Crippen LogP contribution in [0.15, 0.2) is 0 Å². The van der Waals surface area contributed by atoms with Crippen molar-refractivity contribution < 1.29 is 0 Å². The van der Waals surface area contributed by atoms with Crippen LogP contribution in [0, 0.1) is 11.8 Å². The lowest BCUT2D eigenvalue weighted by atomic mass is 9.81. The summed E-state index contributed by atoms with van der Waals surface area (Å²) in [6.45, 7) is 4.84. The third-order valence-corrected chi connectivity index (χ3v) is 5.22. The summed E-state index contributed by atoms with van der Waals surface area (Å²) in [6.07, 6.45) is 14.4. The van der Waals surface area contributed by atoms with Crippen molar-refractivity contribution in [1.82, 2.24) is 5.32 Å². The van der Waals surface area contributed by atoms with Gasteiger partial charge in [0.25, 0.3) is 0 Å². The first-order valence-electron chi connectivity index (χ1n) is 8.07. The average molecular weight is 237 g/mol. The molecule has 4 unspecified atom stereocenters. The fourth-order valence-corrected chi connectivity index (χ4v) is 3.93. The molecule has 2 aliphatic carbocycles. The van der Waals surface area contributed by atoms with Crippen molar-refractivity contribution in [3.8, 4) is 0 Å². The molecule has 0 amide bonds. The summed E-state index contributed by atoms with van der Waals surface area (Å²) in [4.78, 5) is 0. The van der Waals surface area contributed by atoms with Gasteiger partial charge in [0.2, 0.25) is 0 Å². The van der Waals surface area contributed by atoms with Gasteiger partial charge in [0.05, 0.1) is 0 Å². The van der Waals surface area contributed by atoms with Gasteiger partial charge in [-0.05, 0) is 37.5 Å². The zero-order valence-electron chi connectivity index (χ0n) is 11.9. The third-order valence-electron chi connectivity index (χ3n) is 5.22. The predicted octanol–water partition coefficient (Wildman–Crippen LogP) is 4.51. The first-order chi connectivity index (χ1) is 8.31. The number of hydrogen-bond donors (Lipinski definition) is 1. The first kappa shape index (κ1) is 13.4. The molecule has 0 aromatic heterocycles. The van der Waals surface area contributed by atoms with Crippen LogP contribution in [0.5, 0.6) is 0 Å². The van der Waals surface area contributed by atoms with Gasteiger partial charge in [-0.2, -0.15) is 0 Å². The van der Waals surface area contributed by atoms with E-state index in [1.54, 1.807) is 0 Å². The Morgan fingerprint density at radius 3 is 2.29 bits per heavy atom. The molecule has 2 aliphatic rings. The lowest BCUT2D eigenvalue weighted by molar-refractivity contribution is 0.210. The second kappa shape index (κ2) is 6.78. The molecule has 4 atom stereocenters. The molecule has 0 aliphatic heterocycles. The standard InChI is InChI=1S/C16H31N/c1-3-14-10-7-8-12-16(14)17-15-11-6-4-5-9-13(15)2/h13-17H,3-12H2,1-2H3. The van der Waals surface area contributed by atoms with Crippen LogP contribution >= 0.6 is 0 Å². The van der Waals surface area contributed by atoms with E-state index in [1.165, 1.54) is 64.2 Å². The van der Waals surface area contributed by atoms with Crippen molar-refractivity contribution in [3.63, 3.8) is 0 Å². The normalized spacial score (nSPS) is 39.9. The quantitative estimate of drug-likeness (QED) is 0.712. The van der Waals surface area contributed by atoms with E-state index in [-0.39, 0.29) is 0 Å². The fourth-order valence-electron chi connectivity index (χ4n) is 3.93. The molecule has 0 saturated heterocycles. The minimum absolute atomic E-state index is 0.814. The molecular weight excluding hydrogens is 206 g/mol. The highest BCUT2D eigenvalue weighted by Crippen LogP contribution is 2.30. The van der Waals surface area contributed by atoms with E-state index in [1.807, 2.05) is 0 Å². The van der Waals surface area contributed by atoms with Crippen LogP contribution in [0.25, 0.3) is 0 Å². The second-order valence-corrected chi connectivity index (χ2v) is 6.45. The van der Waals surface area contributed by atoms with Crippen LogP contribution in [0.4, 0.5) is 0 Å². The van der Waals surface area contributed by atoms with E-state index in [0.717, 1.165) is 23.9 Å². The molecule has 2 saturated carbocycles. The summed E-state index contributed by atoms with van der Waals surface area (Å²) in [5.74, 6) is 1.86. The third kappa shape index (κ3) is 3.71. The molecule has 0 aromatic carbocycles.